The molecule has 47 heavy (non-hydrogen) atoms. The summed E-state index contributed by atoms with van der Waals surface area (Å²) >= 11 is 7.70. The van der Waals surface area contributed by atoms with Crippen LogP contribution < -0.4 is 20.3 Å². The molecule has 12 heteroatoms. The molecule has 0 fully saturated rings. The van der Waals surface area contributed by atoms with Gasteiger partial charge < -0.3 is 5.32 Å². The molecular formula is C35H34ClN5O4S2. The Hall–Kier alpha value is -4.71. The van der Waals surface area contributed by atoms with Crippen molar-refractivity contribution in [3.05, 3.63) is 130 Å². The summed E-state index contributed by atoms with van der Waals surface area (Å²) in [4.78, 5) is 32.1. The molecule has 242 valence electrons. The van der Waals surface area contributed by atoms with E-state index in [0.29, 0.717) is 45.1 Å². The number of urea groups is 1. The second-order valence-corrected chi connectivity index (χ2v) is 14.2. The van der Waals surface area contributed by atoms with Crippen LogP contribution in [0.1, 0.15) is 29.0 Å². The van der Waals surface area contributed by atoms with Gasteiger partial charge >= 0.3 is 6.03 Å². The summed E-state index contributed by atoms with van der Waals surface area (Å²) in [5.41, 5.74) is 5.34. The number of hydrogen-bond donors (Lipinski definition) is 3. The third-order valence-corrected chi connectivity index (χ3v) is 9.22. The summed E-state index contributed by atoms with van der Waals surface area (Å²) < 4.78 is 25.9. The lowest BCUT2D eigenvalue weighted by Crippen LogP contribution is -2.36. The fourth-order valence-electron chi connectivity index (χ4n) is 5.17. The van der Waals surface area contributed by atoms with Crippen molar-refractivity contribution in [2.24, 2.45) is 0 Å². The van der Waals surface area contributed by atoms with Gasteiger partial charge in [0.2, 0.25) is 15.9 Å². The summed E-state index contributed by atoms with van der Waals surface area (Å²) in [6.45, 7) is 0.385. The number of carbonyl (C=O) groups is 2. The van der Waals surface area contributed by atoms with E-state index in [0.717, 1.165) is 34.3 Å². The van der Waals surface area contributed by atoms with Crippen molar-refractivity contribution >= 4 is 61.4 Å². The van der Waals surface area contributed by atoms with Gasteiger partial charge in [-0.05, 0) is 47.4 Å². The van der Waals surface area contributed by atoms with Gasteiger partial charge in [-0.15, -0.1) is 0 Å². The zero-order valence-corrected chi connectivity index (χ0v) is 28.2. The molecule has 0 saturated heterocycles. The fourth-order valence-corrected chi connectivity index (χ4v) is 6.81. The molecule has 0 saturated carbocycles. The lowest BCUT2D eigenvalue weighted by Gasteiger charge is -2.26. The Bertz CT molecular complexity index is 1880. The molecule has 5 rings (SSSR count). The number of carbonyl (C=O) groups excluding carboxylic acids is 2. The Morgan fingerprint density at radius 1 is 0.872 bits per heavy atom. The number of benzene rings is 4. The van der Waals surface area contributed by atoms with Gasteiger partial charge in [-0.25, -0.2) is 18.2 Å². The van der Waals surface area contributed by atoms with Gasteiger partial charge in [0, 0.05) is 36.4 Å². The largest absolute Gasteiger partial charge is 0.359 e. The summed E-state index contributed by atoms with van der Waals surface area (Å²) in [7, 11) is -1.82. The highest BCUT2D eigenvalue weighted by Crippen LogP contribution is 2.36. The molecule has 0 unspecified atom stereocenters. The summed E-state index contributed by atoms with van der Waals surface area (Å²) in [6.07, 6.45) is 1.96. The second kappa shape index (κ2) is 15.3. The third kappa shape index (κ3) is 9.19. The Morgan fingerprint density at radius 3 is 2.02 bits per heavy atom. The number of nitrogens with zero attached hydrogens (tertiary/aromatic N) is 2. The van der Waals surface area contributed by atoms with Crippen LogP contribution in [0.25, 0.3) is 11.3 Å². The van der Waals surface area contributed by atoms with Crippen LogP contribution in [0.2, 0.25) is 4.34 Å². The van der Waals surface area contributed by atoms with Crippen LogP contribution in [-0.2, 0) is 21.2 Å². The third-order valence-electron chi connectivity index (χ3n) is 7.44. The Kier molecular flexibility index (Phi) is 10.9. The van der Waals surface area contributed by atoms with Crippen molar-refractivity contribution in [1.29, 1.82) is 0 Å². The average molecular weight is 688 g/mol. The molecule has 0 bridgehead atoms. The molecule has 0 aliphatic heterocycles. The molecule has 0 radical (unpaired) electrons. The molecule has 0 atom stereocenters. The van der Waals surface area contributed by atoms with Crippen LogP contribution in [0.4, 0.5) is 21.3 Å². The highest BCUT2D eigenvalue weighted by atomic mass is 35.5. The van der Waals surface area contributed by atoms with E-state index < -0.39 is 10.0 Å². The number of nitrogens with one attached hydrogen (secondary N) is 3. The van der Waals surface area contributed by atoms with Crippen molar-refractivity contribution in [3.63, 3.8) is 0 Å². The topological polar surface area (TPSA) is 120 Å². The van der Waals surface area contributed by atoms with E-state index in [9.17, 15) is 18.0 Å². The van der Waals surface area contributed by atoms with Crippen molar-refractivity contribution in [2.75, 3.05) is 34.8 Å². The standard InChI is InChI=1S/C35H34ClN5O4S2/c1-37-31(42)23-24-13-19-29(20-14-24)41(22-21-30(25-9-5-3-6-10-25)26-11-7-4-8-12-26)35(43)39-34-38-32(33(36)46-34)27-15-17-28(18-16-27)40-47(2,44)45/h3-20,30,40H,21-23H2,1-2H3,(H,37,42)(H,38,39,43). The van der Waals surface area contributed by atoms with Crippen LogP contribution >= 0.6 is 22.9 Å². The van der Waals surface area contributed by atoms with E-state index >= 15 is 0 Å². The highest BCUT2D eigenvalue weighted by Gasteiger charge is 2.23. The predicted octanol–water partition coefficient (Wildman–Crippen LogP) is 7.38. The number of anilines is 3. The minimum absolute atomic E-state index is 0.0429. The van der Waals surface area contributed by atoms with Crippen molar-refractivity contribution < 1.29 is 18.0 Å². The molecule has 1 heterocycles. The molecule has 9 nitrogen and oxygen atoms in total. The van der Waals surface area contributed by atoms with Crippen LogP contribution in [0, 0.1) is 0 Å². The minimum atomic E-state index is -3.41. The van der Waals surface area contributed by atoms with Crippen molar-refractivity contribution in [2.45, 2.75) is 18.8 Å². The maximum atomic E-state index is 14.0. The van der Waals surface area contributed by atoms with Gasteiger partial charge in [-0.1, -0.05) is 108 Å². The predicted molar refractivity (Wildman–Crippen MR) is 191 cm³/mol. The number of rotatable bonds is 12. The Balaban J connectivity index is 1.40. The molecule has 0 aliphatic carbocycles. The van der Waals surface area contributed by atoms with E-state index in [4.69, 9.17) is 11.6 Å². The van der Waals surface area contributed by atoms with Gasteiger partial charge in [0.05, 0.1) is 12.7 Å². The van der Waals surface area contributed by atoms with Crippen LogP contribution in [0.5, 0.6) is 0 Å². The first-order chi connectivity index (χ1) is 22.6. The molecule has 1 aromatic heterocycles. The van der Waals surface area contributed by atoms with Gasteiger partial charge in [-0.2, -0.15) is 0 Å². The maximum Gasteiger partial charge on any atom is 0.328 e. The lowest BCUT2D eigenvalue weighted by molar-refractivity contribution is -0.119. The molecular weight excluding hydrogens is 654 g/mol. The number of thiazole rings is 1. The second-order valence-electron chi connectivity index (χ2n) is 10.9. The van der Waals surface area contributed by atoms with E-state index in [1.165, 1.54) is 0 Å². The van der Waals surface area contributed by atoms with Crippen LogP contribution in [0.15, 0.2) is 109 Å². The van der Waals surface area contributed by atoms with Crippen molar-refractivity contribution in [3.8, 4) is 11.3 Å². The normalized spacial score (nSPS) is 11.2. The Labute approximate surface area is 283 Å². The molecule has 3 N–H and O–H groups in total. The lowest BCUT2D eigenvalue weighted by atomic mass is 9.88. The first-order valence-corrected chi connectivity index (χ1v) is 17.9. The summed E-state index contributed by atoms with van der Waals surface area (Å²) in [6, 6.07) is 34.1. The quantitative estimate of drug-likeness (QED) is 0.126. The Morgan fingerprint density at radius 2 is 1.47 bits per heavy atom. The zero-order valence-electron chi connectivity index (χ0n) is 25.8. The fraction of sp³-hybridized carbons (Fsp3) is 0.171. The number of halogens is 1. The summed E-state index contributed by atoms with van der Waals surface area (Å²) in [5, 5.41) is 5.88. The minimum Gasteiger partial charge on any atom is -0.359 e. The first kappa shape index (κ1) is 33.6. The number of sulfonamides is 1. The SMILES string of the molecule is CNC(=O)Cc1ccc(N(CCC(c2ccccc2)c2ccccc2)C(=O)Nc2nc(-c3ccc(NS(C)(=O)=O)cc3)c(Cl)s2)cc1. The van der Waals surface area contributed by atoms with Crippen molar-refractivity contribution in [1.82, 2.24) is 10.3 Å². The number of hydrogen-bond acceptors (Lipinski definition) is 6. The molecule has 4 aromatic carbocycles. The van der Waals surface area contributed by atoms with E-state index in [1.54, 1.807) is 36.2 Å². The van der Waals surface area contributed by atoms with E-state index in [-0.39, 0.29) is 24.3 Å². The highest BCUT2D eigenvalue weighted by molar-refractivity contribution is 7.92. The van der Waals surface area contributed by atoms with E-state index in [2.05, 4.69) is 44.6 Å². The smallest absolute Gasteiger partial charge is 0.328 e. The number of amides is 3. The maximum absolute atomic E-state index is 14.0. The van der Waals surface area contributed by atoms with Gasteiger partial charge in [0.1, 0.15) is 10.0 Å². The monoisotopic (exact) mass is 687 g/mol. The first-order valence-electron chi connectivity index (χ1n) is 14.8. The molecule has 5 aromatic rings. The number of aromatic nitrogens is 1. The van der Waals surface area contributed by atoms with Gasteiger partial charge in [0.15, 0.2) is 5.13 Å². The van der Waals surface area contributed by atoms with Crippen LogP contribution in [0.3, 0.4) is 0 Å². The molecule has 0 aliphatic rings. The van der Waals surface area contributed by atoms with Gasteiger partial charge in [0.25, 0.3) is 0 Å². The van der Waals surface area contributed by atoms with Gasteiger partial charge in [-0.3, -0.25) is 19.7 Å². The molecule has 0 spiro atoms. The summed E-state index contributed by atoms with van der Waals surface area (Å²) in [5.74, 6) is -0.0556. The molecule has 3 amide bonds. The average Bonchev–Trinajstić information content (AvgIpc) is 3.43. The number of likely N-dealkylation sites (N-methyl/N-ethyl adjacent to an activating group) is 1. The van der Waals surface area contributed by atoms with Crippen LogP contribution in [-0.4, -0.2) is 45.2 Å². The van der Waals surface area contributed by atoms with E-state index in [1.807, 2.05) is 60.7 Å². The zero-order chi connectivity index (χ0) is 33.4.